The average Bonchev–Trinajstić information content (AvgIpc) is 3.37. The van der Waals surface area contributed by atoms with Crippen LogP contribution in [-0.2, 0) is 14.8 Å². The van der Waals surface area contributed by atoms with Crippen LogP contribution in [-0.4, -0.2) is 61.4 Å². The summed E-state index contributed by atoms with van der Waals surface area (Å²) in [6.07, 6.45) is 3.26. The van der Waals surface area contributed by atoms with Crippen molar-refractivity contribution < 1.29 is 17.9 Å². The number of morpholine rings is 1. The van der Waals surface area contributed by atoms with Crippen LogP contribution >= 0.6 is 0 Å². The van der Waals surface area contributed by atoms with Gasteiger partial charge in [0.2, 0.25) is 10.0 Å². The van der Waals surface area contributed by atoms with E-state index in [2.05, 4.69) is 37.0 Å². The number of nitrogens with zero attached hydrogens (tertiary/aromatic N) is 2. The topological polar surface area (TPSA) is 82.7 Å². The minimum absolute atomic E-state index is 0.0173. The number of aromatic nitrogens is 1. The van der Waals surface area contributed by atoms with Gasteiger partial charge in [-0.2, -0.15) is 4.31 Å². The number of hydrogen-bond donors (Lipinski definition) is 1. The van der Waals surface area contributed by atoms with Gasteiger partial charge in [-0.05, 0) is 38.3 Å². The van der Waals surface area contributed by atoms with Crippen LogP contribution in [0.15, 0.2) is 35.4 Å². The van der Waals surface area contributed by atoms with Gasteiger partial charge in [0.05, 0.1) is 19.3 Å². The van der Waals surface area contributed by atoms with Crippen LogP contribution in [0.4, 0.5) is 0 Å². The van der Waals surface area contributed by atoms with Crippen LogP contribution in [0.25, 0.3) is 0 Å². The molecule has 1 aromatic heterocycles. The molecule has 1 aromatic carbocycles. The Bertz CT molecular complexity index is 988. The number of rotatable bonds is 4. The maximum Gasteiger partial charge on any atom is 0.270 e. The Morgan fingerprint density at radius 1 is 1.07 bits per heavy atom. The largest absolute Gasteiger partial charge is 0.379 e. The van der Waals surface area contributed by atoms with Crippen molar-refractivity contribution in [1.82, 2.24) is 14.2 Å². The van der Waals surface area contributed by atoms with E-state index in [1.165, 1.54) is 27.7 Å². The molecule has 3 heterocycles. The molecule has 1 atom stereocenters. The summed E-state index contributed by atoms with van der Waals surface area (Å²) in [7, 11) is -3.62. The molecule has 4 rings (SSSR count). The van der Waals surface area contributed by atoms with Gasteiger partial charge >= 0.3 is 0 Å². The zero-order valence-corrected chi connectivity index (χ0v) is 17.7. The Morgan fingerprint density at radius 3 is 2.45 bits per heavy atom. The van der Waals surface area contributed by atoms with Gasteiger partial charge < -0.3 is 14.6 Å². The van der Waals surface area contributed by atoms with Crippen LogP contribution in [0.5, 0.6) is 0 Å². The molecular weight excluding hydrogens is 390 g/mol. The molecule has 0 radical (unpaired) electrons. The summed E-state index contributed by atoms with van der Waals surface area (Å²) < 4.78 is 32.3. The molecule has 2 aliphatic heterocycles. The van der Waals surface area contributed by atoms with Crippen molar-refractivity contribution in [3.8, 4) is 0 Å². The van der Waals surface area contributed by atoms with E-state index < -0.39 is 10.0 Å². The Balaban J connectivity index is 1.56. The third-order valence-electron chi connectivity index (χ3n) is 5.64. The molecule has 0 saturated carbocycles. The van der Waals surface area contributed by atoms with Gasteiger partial charge in [-0.25, -0.2) is 8.42 Å². The van der Waals surface area contributed by atoms with Crippen LogP contribution in [0.3, 0.4) is 0 Å². The highest BCUT2D eigenvalue weighted by Gasteiger charge is 2.33. The number of likely N-dealkylation sites (tertiary alicyclic amines) is 1. The normalized spacial score (nSPS) is 20.9. The summed E-state index contributed by atoms with van der Waals surface area (Å²) in [5, 5.41) is 0. The molecule has 2 aromatic rings. The predicted octanol–water partition coefficient (Wildman–Crippen LogP) is 2.63. The standard InChI is InChI=1S/C21H27N3O4S/c1-15-10-16(2)12-17(11-15)20-4-3-5-24(20)21(25)19-13-18(14-22-19)29(26,27)23-6-8-28-9-7-23/h10-14,20,22H,3-9H2,1-2H3. The lowest BCUT2D eigenvalue weighted by Crippen LogP contribution is -2.40. The number of ether oxygens (including phenoxy) is 1. The first-order chi connectivity index (χ1) is 13.9. The molecule has 1 amide bonds. The van der Waals surface area contributed by atoms with Crippen molar-refractivity contribution in [3.63, 3.8) is 0 Å². The molecule has 7 nitrogen and oxygen atoms in total. The smallest absolute Gasteiger partial charge is 0.270 e. The summed E-state index contributed by atoms with van der Waals surface area (Å²) in [4.78, 5) is 18.1. The summed E-state index contributed by atoms with van der Waals surface area (Å²) >= 11 is 0. The summed E-state index contributed by atoms with van der Waals surface area (Å²) in [6.45, 7) is 6.23. The first kappa shape index (κ1) is 20.1. The third kappa shape index (κ3) is 3.97. The molecule has 0 aliphatic carbocycles. The molecule has 8 heteroatoms. The highest BCUT2D eigenvalue weighted by molar-refractivity contribution is 7.89. The number of benzene rings is 1. The van der Waals surface area contributed by atoms with E-state index in [1.54, 1.807) is 0 Å². The predicted molar refractivity (Wildman–Crippen MR) is 109 cm³/mol. The SMILES string of the molecule is Cc1cc(C)cc(C2CCCN2C(=O)c2cc(S(=O)(=O)N3CCOCC3)c[nH]2)c1. The summed E-state index contributed by atoms with van der Waals surface area (Å²) in [5.74, 6) is -0.157. The second kappa shape index (κ2) is 7.93. The maximum absolute atomic E-state index is 13.2. The number of hydrogen-bond acceptors (Lipinski definition) is 4. The van der Waals surface area contributed by atoms with E-state index in [1.807, 2.05) is 4.90 Å². The number of aromatic amines is 1. The Kier molecular flexibility index (Phi) is 5.50. The highest BCUT2D eigenvalue weighted by atomic mass is 32.2. The van der Waals surface area contributed by atoms with Gasteiger partial charge in [0.25, 0.3) is 5.91 Å². The minimum Gasteiger partial charge on any atom is -0.379 e. The summed E-state index contributed by atoms with van der Waals surface area (Å²) in [6, 6.07) is 7.87. The molecule has 2 fully saturated rings. The Morgan fingerprint density at radius 2 is 1.76 bits per heavy atom. The molecule has 0 bridgehead atoms. The van der Waals surface area contributed by atoms with E-state index in [0.29, 0.717) is 38.5 Å². The maximum atomic E-state index is 13.2. The van der Waals surface area contributed by atoms with Crippen LogP contribution in [0.2, 0.25) is 0 Å². The molecule has 29 heavy (non-hydrogen) atoms. The molecular formula is C21H27N3O4S. The number of nitrogens with one attached hydrogen (secondary N) is 1. The fraction of sp³-hybridized carbons (Fsp3) is 0.476. The Hall–Kier alpha value is -2.16. The second-order valence-corrected chi connectivity index (χ2v) is 9.78. The number of aryl methyl sites for hydroxylation is 2. The minimum atomic E-state index is -3.62. The van der Waals surface area contributed by atoms with Crippen molar-refractivity contribution >= 4 is 15.9 Å². The first-order valence-corrected chi connectivity index (χ1v) is 11.5. The van der Waals surface area contributed by atoms with Gasteiger partial charge in [0.15, 0.2) is 0 Å². The molecule has 156 valence electrons. The molecule has 0 spiro atoms. The average molecular weight is 418 g/mol. The zero-order valence-electron chi connectivity index (χ0n) is 16.8. The highest BCUT2D eigenvalue weighted by Crippen LogP contribution is 2.34. The Labute approximate surface area is 171 Å². The number of carbonyl (C=O) groups is 1. The number of amides is 1. The lowest BCUT2D eigenvalue weighted by molar-refractivity contribution is 0.0727. The fourth-order valence-corrected chi connectivity index (χ4v) is 5.70. The van der Waals surface area contributed by atoms with E-state index in [0.717, 1.165) is 18.4 Å². The van der Waals surface area contributed by atoms with Crippen LogP contribution in [0, 0.1) is 13.8 Å². The fourth-order valence-electron chi connectivity index (χ4n) is 4.30. The molecule has 2 saturated heterocycles. The third-order valence-corrected chi connectivity index (χ3v) is 7.51. The van der Waals surface area contributed by atoms with Gasteiger partial charge in [-0.3, -0.25) is 4.79 Å². The number of sulfonamides is 1. The van der Waals surface area contributed by atoms with Crippen molar-refractivity contribution in [2.45, 2.75) is 37.6 Å². The van der Waals surface area contributed by atoms with Crippen molar-refractivity contribution in [1.29, 1.82) is 0 Å². The second-order valence-electron chi connectivity index (χ2n) is 7.84. The lowest BCUT2D eigenvalue weighted by atomic mass is 9.99. The van der Waals surface area contributed by atoms with Crippen molar-refractivity contribution in [2.24, 2.45) is 0 Å². The monoisotopic (exact) mass is 417 g/mol. The zero-order chi connectivity index (χ0) is 20.6. The van der Waals surface area contributed by atoms with Gasteiger partial charge in [0, 0.05) is 25.8 Å². The first-order valence-electron chi connectivity index (χ1n) is 10.0. The molecule has 1 unspecified atom stereocenters. The van der Waals surface area contributed by atoms with Crippen LogP contribution < -0.4 is 0 Å². The van der Waals surface area contributed by atoms with E-state index in [9.17, 15) is 13.2 Å². The number of carbonyl (C=O) groups excluding carboxylic acids is 1. The lowest BCUT2D eigenvalue weighted by Gasteiger charge is -2.26. The quantitative estimate of drug-likeness (QED) is 0.829. The molecule has 2 aliphatic rings. The van der Waals surface area contributed by atoms with E-state index in [-0.39, 0.29) is 16.8 Å². The molecule has 1 N–H and O–H groups in total. The number of H-pyrrole nitrogens is 1. The van der Waals surface area contributed by atoms with Crippen molar-refractivity contribution in [3.05, 3.63) is 52.8 Å². The summed E-state index contributed by atoms with van der Waals surface area (Å²) in [5.41, 5.74) is 3.81. The van der Waals surface area contributed by atoms with Gasteiger partial charge in [-0.1, -0.05) is 29.3 Å². The van der Waals surface area contributed by atoms with E-state index in [4.69, 9.17) is 4.74 Å². The van der Waals surface area contributed by atoms with E-state index >= 15 is 0 Å². The van der Waals surface area contributed by atoms with Crippen molar-refractivity contribution in [2.75, 3.05) is 32.8 Å². The van der Waals surface area contributed by atoms with Crippen LogP contribution in [0.1, 0.15) is 46.1 Å². The van der Waals surface area contributed by atoms with Gasteiger partial charge in [0.1, 0.15) is 10.6 Å². The van der Waals surface area contributed by atoms with Gasteiger partial charge in [-0.15, -0.1) is 0 Å².